The zero-order valence-corrected chi connectivity index (χ0v) is 12.4. The van der Waals surface area contributed by atoms with Gasteiger partial charge in [-0.25, -0.2) is 9.78 Å². The standard InChI is InChI=1S/C12H8Cl2N2O3S/c1-5-2-7(12(18)19)11(20-5)16-10(17)6-3-8(13)9(14)15-4-6/h2-4H,1H3,(H,16,17)(H,18,19). The maximum absolute atomic E-state index is 12.0. The molecule has 0 radical (unpaired) electrons. The molecule has 2 heterocycles. The summed E-state index contributed by atoms with van der Waals surface area (Å²) in [7, 11) is 0. The predicted octanol–water partition coefficient (Wildman–Crippen LogP) is 3.71. The molecule has 2 rings (SSSR count). The van der Waals surface area contributed by atoms with E-state index in [-0.39, 0.29) is 26.3 Å². The molecule has 2 N–H and O–H groups in total. The van der Waals surface area contributed by atoms with Crippen LogP contribution in [0.5, 0.6) is 0 Å². The number of aromatic carboxylic acids is 1. The first-order chi connectivity index (χ1) is 9.38. The van der Waals surface area contributed by atoms with Crippen LogP contribution < -0.4 is 5.32 Å². The Morgan fingerprint density at radius 3 is 2.65 bits per heavy atom. The zero-order valence-electron chi connectivity index (χ0n) is 10.1. The first-order valence-corrected chi connectivity index (χ1v) is 6.92. The lowest BCUT2D eigenvalue weighted by atomic mass is 10.2. The van der Waals surface area contributed by atoms with Crippen molar-refractivity contribution in [1.29, 1.82) is 0 Å². The van der Waals surface area contributed by atoms with Crippen molar-refractivity contribution in [2.75, 3.05) is 5.32 Å². The number of carboxylic acids is 1. The van der Waals surface area contributed by atoms with Crippen LogP contribution in [0.3, 0.4) is 0 Å². The number of anilines is 1. The van der Waals surface area contributed by atoms with E-state index in [4.69, 9.17) is 28.3 Å². The van der Waals surface area contributed by atoms with E-state index in [0.29, 0.717) is 0 Å². The minimum absolute atomic E-state index is 0.0499. The third-order valence-corrected chi connectivity index (χ3v) is 4.02. The average molecular weight is 331 g/mol. The van der Waals surface area contributed by atoms with Gasteiger partial charge in [-0.1, -0.05) is 23.2 Å². The maximum atomic E-state index is 12.0. The summed E-state index contributed by atoms with van der Waals surface area (Å²) in [4.78, 5) is 27.6. The highest BCUT2D eigenvalue weighted by atomic mass is 35.5. The third-order valence-electron chi connectivity index (χ3n) is 2.37. The summed E-state index contributed by atoms with van der Waals surface area (Å²) >= 11 is 12.6. The van der Waals surface area contributed by atoms with E-state index in [2.05, 4.69) is 10.3 Å². The van der Waals surface area contributed by atoms with Gasteiger partial charge in [-0.15, -0.1) is 11.3 Å². The molecule has 5 nitrogen and oxygen atoms in total. The van der Waals surface area contributed by atoms with Gasteiger partial charge in [0.1, 0.15) is 10.2 Å². The summed E-state index contributed by atoms with van der Waals surface area (Å²) in [6, 6.07) is 2.86. The van der Waals surface area contributed by atoms with Crippen molar-refractivity contribution in [3.05, 3.63) is 44.5 Å². The summed E-state index contributed by atoms with van der Waals surface area (Å²) in [5, 5.41) is 12.1. The summed E-state index contributed by atoms with van der Waals surface area (Å²) in [6.07, 6.45) is 1.27. The quantitative estimate of drug-likeness (QED) is 0.841. The van der Waals surface area contributed by atoms with E-state index < -0.39 is 11.9 Å². The number of pyridine rings is 1. The van der Waals surface area contributed by atoms with Crippen LogP contribution in [-0.2, 0) is 0 Å². The molecule has 0 aliphatic carbocycles. The molecular weight excluding hydrogens is 323 g/mol. The molecule has 1 amide bonds. The number of hydrogen-bond donors (Lipinski definition) is 2. The molecule has 0 spiro atoms. The van der Waals surface area contributed by atoms with Gasteiger partial charge in [-0.05, 0) is 19.1 Å². The van der Waals surface area contributed by atoms with Crippen molar-refractivity contribution in [1.82, 2.24) is 4.98 Å². The second kappa shape index (κ2) is 5.78. The normalized spacial score (nSPS) is 10.3. The van der Waals surface area contributed by atoms with Crippen LogP contribution in [0.1, 0.15) is 25.6 Å². The van der Waals surface area contributed by atoms with Crippen molar-refractivity contribution >= 4 is 51.4 Å². The van der Waals surface area contributed by atoms with Gasteiger partial charge in [-0.2, -0.15) is 0 Å². The Balaban J connectivity index is 2.27. The fourth-order valence-corrected chi connectivity index (χ4v) is 2.65. The lowest BCUT2D eigenvalue weighted by Crippen LogP contribution is -2.13. The van der Waals surface area contributed by atoms with Gasteiger partial charge in [0, 0.05) is 11.1 Å². The second-order valence-corrected chi connectivity index (χ2v) is 5.88. The second-order valence-electron chi connectivity index (χ2n) is 3.86. The molecule has 20 heavy (non-hydrogen) atoms. The number of carboxylic acid groups (broad SMARTS) is 1. The van der Waals surface area contributed by atoms with Crippen molar-refractivity contribution in [2.24, 2.45) is 0 Å². The number of halogens is 2. The van der Waals surface area contributed by atoms with E-state index in [0.717, 1.165) is 4.88 Å². The fourth-order valence-electron chi connectivity index (χ4n) is 1.49. The number of aromatic nitrogens is 1. The Labute approximate surface area is 128 Å². The number of amides is 1. The van der Waals surface area contributed by atoms with Gasteiger partial charge < -0.3 is 10.4 Å². The highest BCUT2D eigenvalue weighted by Crippen LogP contribution is 2.28. The third kappa shape index (κ3) is 3.09. The number of rotatable bonds is 3. The minimum atomic E-state index is -1.10. The van der Waals surface area contributed by atoms with E-state index in [1.54, 1.807) is 6.92 Å². The Morgan fingerprint density at radius 1 is 1.35 bits per heavy atom. The van der Waals surface area contributed by atoms with Gasteiger partial charge >= 0.3 is 5.97 Å². The molecule has 0 atom stereocenters. The van der Waals surface area contributed by atoms with Gasteiger partial charge in [0.05, 0.1) is 16.1 Å². The van der Waals surface area contributed by atoms with Crippen LogP contribution in [0.25, 0.3) is 0 Å². The monoisotopic (exact) mass is 330 g/mol. The topological polar surface area (TPSA) is 79.3 Å². The number of carbonyl (C=O) groups excluding carboxylic acids is 1. The number of thiophene rings is 1. The number of hydrogen-bond acceptors (Lipinski definition) is 4. The summed E-state index contributed by atoms with van der Waals surface area (Å²) in [5.74, 6) is -1.60. The lowest BCUT2D eigenvalue weighted by Gasteiger charge is -2.04. The molecule has 0 fully saturated rings. The van der Waals surface area contributed by atoms with E-state index in [1.165, 1.54) is 29.7 Å². The van der Waals surface area contributed by atoms with Crippen molar-refractivity contribution < 1.29 is 14.7 Å². The molecule has 0 saturated carbocycles. The number of carbonyl (C=O) groups is 2. The molecule has 0 saturated heterocycles. The van der Waals surface area contributed by atoms with E-state index in [9.17, 15) is 9.59 Å². The van der Waals surface area contributed by atoms with Crippen LogP contribution >= 0.6 is 34.5 Å². The zero-order chi connectivity index (χ0) is 14.9. The van der Waals surface area contributed by atoms with Crippen LogP contribution in [0.2, 0.25) is 10.2 Å². The van der Waals surface area contributed by atoms with Crippen LogP contribution in [-0.4, -0.2) is 22.0 Å². The van der Waals surface area contributed by atoms with Gasteiger partial charge in [-0.3, -0.25) is 4.79 Å². The Bertz CT molecular complexity index is 700. The van der Waals surface area contributed by atoms with Crippen LogP contribution in [0.15, 0.2) is 18.3 Å². The molecular formula is C12H8Cl2N2O3S. The molecule has 8 heteroatoms. The Kier molecular flexibility index (Phi) is 4.27. The number of nitrogens with zero attached hydrogens (tertiary/aromatic N) is 1. The summed E-state index contributed by atoms with van der Waals surface area (Å²) < 4.78 is 0. The van der Waals surface area contributed by atoms with Gasteiger partial charge in [0.15, 0.2) is 0 Å². The molecule has 2 aromatic heterocycles. The molecule has 0 bridgehead atoms. The molecule has 0 unspecified atom stereocenters. The lowest BCUT2D eigenvalue weighted by molar-refractivity contribution is 0.0698. The number of nitrogens with one attached hydrogen (secondary N) is 1. The number of aryl methyl sites for hydroxylation is 1. The van der Waals surface area contributed by atoms with Crippen LogP contribution in [0.4, 0.5) is 5.00 Å². The summed E-state index contributed by atoms with van der Waals surface area (Å²) in [5.41, 5.74) is 0.246. The van der Waals surface area contributed by atoms with E-state index >= 15 is 0 Å². The summed E-state index contributed by atoms with van der Waals surface area (Å²) in [6.45, 7) is 1.76. The first-order valence-electron chi connectivity index (χ1n) is 5.34. The first kappa shape index (κ1) is 14.8. The Morgan fingerprint density at radius 2 is 2.05 bits per heavy atom. The minimum Gasteiger partial charge on any atom is -0.478 e. The molecule has 2 aromatic rings. The molecule has 0 aliphatic rings. The largest absolute Gasteiger partial charge is 0.478 e. The van der Waals surface area contributed by atoms with Crippen molar-refractivity contribution in [3.63, 3.8) is 0 Å². The SMILES string of the molecule is Cc1cc(C(=O)O)c(NC(=O)c2cnc(Cl)c(Cl)c2)s1. The highest BCUT2D eigenvalue weighted by Gasteiger charge is 2.17. The van der Waals surface area contributed by atoms with Gasteiger partial charge in [0.25, 0.3) is 5.91 Å². The molecule has 0 aliphatic heterocycles. The average Bonchev–Trinajstić information content (AvgIpc) is 2.73. The van der Waals surface area contributed by atoms with Crippen LogP contribution in [0, 0.1) is 6.92 Å². The molecule has 0 aromatic carbocycles. The smallest absolute Gasteiger partial charge is 0.338 e. The van der Waals surface area contributed by atoms with E-state index in [1.807, 2.05) is 0 Å². The fraction of sp³-hybridized carbons (Fsp3) is 0.0833. The molecule has 104 valence electrons. The predicted molar refractivity (Wildman–Crippen MR) is 78.2 cm³/mol. The van der Waals surface area contributed by atoms with Crippen molar-refractivity contribution in [3.8, 4) is 0 Å². The maximum Gasteiger partial charge on any atom is 0.338 e. The highest BCUT2D eigenvalue weighted by molar-refractivity contribution is 7.16. The van der Waals surface area contributed by atoms with Gasteiger partial charge in [0.2, 0.25) is 0 Å². The Hall–Kier alpha value is -1.63. The van der Waals surface area contributed by atoms with Crippen molar-refractivity contribution in [2.45, 2.75) is 6.92 Å².